The largest absolute Gasteiger partial charge is 0.376 e. The zero-order valence-electron chi connectivity index (χ0n) is 13.7. The Labute approximate surface area is 144 Å². The minimum absolute atomic E-state index is 0. The maximum absolute atomic E-state index is 12.7. The molecule has 2 unspecified atom stereocenters. The number of hydrogen-bond acceptors (Lipinski definition) is 3. The molecule has 0 aromatic heterocycles. The summed E-state index contributed by atoms with van der Waals surface area (Å²) in [6.07, 6.45) is 4.03. The molecule has 2 heterocycles. The van der Waals surface area contributed by atoms with Crippen molar-refractivity contribution in [2.75, 3.05) is 13.2 Å². The highest BCUT2D eigenvalue weighted by molar-refractivity contribution is 5.85. The molecule has 2 fully saturated rings. The van der Waals surface area contributed by atoms with E-state index < -0.39 is 0 Å². The first-order chi connectivity index (χ1) is 10.7. The van der Waals surface area contributed by atoms with Crippen LogP contribution in [0.15, 0.2) is 30.3 Å². The molecule has 4 atom stereocenters. The van der Waals surface area contributed by atoms with Crippen molar-refractivity contribution in [3.8, 4) is 0 Å². The highest BCUT2D eigenvalue weighted by atomic mass is 35.5. The summed E-state index contributed by atoms with van der Waals surface area (Å²) < 4.78 is 5.85. The maximum Gasteiger partial charge on any atom is 0.223 e. The van der Waals surface area contributed by atoms with E-state index in [1.165, 1.54) is 0 Å². The number of rotatable bonds is 4. The van der Waals surface area contributed by atoms with Gasteiger partial charge in [0, 0.05) is 18.6 Å². The van der Waals surface area contributed by atoms with Gasteiger partial charge in [-0.05, 0) is 44.7 Å². The summed E-state index contributed by atoms with van der Waals surface area (Å²) in [4.78, 5) is 12.7. The van der Waals surface area contributed by atoms with Gasteiger partial charge in [-0.1, -0.05) is 30.3 Å². The molecule has 1 aromatic carbocycles. The fourth-order valence-corrected chi connectivity index (χ4v) is 3.56. The van der Waals surface area contributed by atoms with E-state index in [4.69, 9.17) is 4.74 Å². The first kappa shape index (κ1) is 18.2. The van der Waals surface area contributed by atoms with E-state index in [0.29, 0.717) is 6.04 Å². The molecule has 2 aliphatic rings. The lowest BCUT2D eigenvalue weighted by Gasteiger charge is -2.30. The van der Waals surface area contributed by atoms with Crippen LogP contribution in [0.5, 0.6) is 0 Å². The Balaban J connectivity index is 0.00000192. The molecule has 1 aromatic rings. The average Bonchev–Trinajstić information content (AvgIpc) is 3.07. The average molecular weight is 339 g/mol. The third kappa shape index (κ3) is 4.69. The number of carbonyl (C=O) groups excluding carboxylic acids is 1. The van der Waals surface area contributed by atoms with E-state index in [-0.39, 0.29) is 36.4 Å². The van der Waals surface area contributed by atoms with Crippen LogP contribution in [0.2, 0.25) is 0 Å². The first-order valence-corrected chi connectivity index (χ1v) is 8.44. The Morgan fingerprint density at radius 2 is 2.09 bits per heavy atom. The lowest BCUT2D eigenvalue weighted by Crippen LogP contribution is -2.45. The summed E-state index contributed by atoms with van der Waals surface area (Å²) in [6, 6.07) is 10.6. The third-order valence-corrected chi connectivity index (χ3v) is 4.79. The van der Waals surface area contributed by atoms with Crippen molar-refractivity contribution in [1.82, 2.24) is 10.6 Å². The van der Waals surface area contributed by atoms with Crippen molar-refractivity contribution in [3.05, 3.63) is 35.9 Å². The van der Waals surface area contributed by atoms with Crippen LogP contribution in [-0.4, -0.2) is 31.2 Å². The van der Waals surface area contributed by atoms with Crippen LogP contribution in [0.4, 0.5) is 0 Å². The molecule has 23 heavy (non-hydrogen) atoms. The first-order valence-electron chi connectivity index (χ1n) is 8.44. The molecule has 0 bridgehead atoms. The third-order valence-electron chi connectivity index (χ3n) is 4.79. The van der Waals surface area contributed by atoms with Gasteiger partial charge >= 0.3 is 0 Å². The molecule has 3 rings (SSSR count). The SMILES string of the molecule is C[C@H]1C[C@@H](C(=O)NC(c2ccccc2)C2CCCO2)CCN1.Cl. The smallest absolute Gasteiger partial charge is 0.223 e. The molecule has 5 heteroatoms. The van der Waals surface area contributed by atoms with Crippen LogP contribution < -0.4 is 10.6 Å². The number of carbonyl (C=O) groups is 1. The van der Waals surface area contributed by atoms with Gasteiger partial charge in [0.25, 0.3) is 0 Å². The van der Waals surface area contributed by atoms with Gasteiger partial charge in [-0.2, -0.15) is 0 Å². The van der Waals surface area contributed by atoms with Gasteiger partial charge in [0.1, 0.15) is 0 Å². The predicted octanol–water partition coefficient (Wildman–Crippen LogP) is 2.83. The van der Waals surface area contributed by atoms with Gasteiger partial charge in [0.2, 0.25) is 5.91 Å². The van der Waals surface area contributed by atoms with Crippen LogP contribution in [0.3, 0.4) is 0 Å². The quantitative estimate of drug-likeness (QED) is 0.887. The van der Waals surface area contributed by atoms with Crippen LogP contribution >= 0.6 is 12.4 Å². The van der Waals surface area contributed by atoms with Crippen molar-refractivity contribution in [3.63, 3.8) is 0 Å². The summed E-state index contributed by atoms with van der Waals surface area (Å²) in [5.41, 5.74) is 1.14. The molecule has 1 amide bonds. The second kappa shape index (κ2) is 8.67. The molecule has 2 saturated heterocycles. The van der Waals surface area contributed by atoms with Crippen LogP contribution in [-0.2, 0) is 9.53 Å². The van der Waals surface area contributed by atoms with Crippen LogP contribution in [0.25, 0.3) is 0 Å². The van der Waals surface area contributed by atoms with Gasteiger partial charge in [0.15, 0.2) is 0 Å². The van der Waals surface area contributed by atoms with Crippen molar-refractivity contribution < 1.29 is 9.53 Å². The fraction of sp³-hybridized carbons (Fsp3) is 0.611. The van der Waals surface area contributed by atoms with Gasteiger partial charge < -0.3 is 15.4 Å². The molecule has 4 nitrogen and oxygen atoms in total. The van der Waals surface area contributed by atoms with Crippen LogP contribution in [0, 0.1) is 5.92 Å². The Morgan fingerprint density at radius 3 is 2.74 bits per heavy atom. The van der Waals surface area contributed by atoms with E-state index >= 15 is 0 Å². The number of piperidine rings is 1. The standard InChI is InChI=1S/C18H26N2O2.ClH/c1-13-12-15(9-10-19-13)18(21)20-17(16-8-5-11-22-16)14-6-3-2-4-7-14;/h2-4,6-7,13,15-17,19H,5,8-12H2,1H3,(H,20,21);1H/t13-,15-,16?,17?;/m0./s1. The van der Waals surface area contributed by atoms with Crippen molar-refractivity contribution in [2.24, 2.45) is 5.92 Å². The molecule has 0 saturated carbocycles. The Hall–Kier alpha value is -1.10. The maximum atomic E-state index is 12.7. The number of halogens is 1. The molecule has 2 aliphatic heterocycles. The molecule has 0 radical (unpaired) electrons. The Morgan fingerprint density at radius 1 is 1.30 bits per heavy atom. The van der Waals surface area contributed by atoms with Gasteiger partial charge in [-0.15, -0.1) is 12.4 Å². The monoisotopic (exact) mass is 338 g/mol. The number of nitrogens with one attached hydrogen (secondary N) is 2. The minimum atomic E-state index is -0.0265. The van der Waals surface area contributed by atoms with Gasteiger partial charge in [0.05, 0.1) is 12.1 Å². The highest BCUT2D eigenvalue weighted by Gasteiger charge is 2.32. The van der Waals surface area contributed by atoms with E-state index in [0.717, 1.165) is 44.4 Å². The summed E-state index contributed by atoms with van der Waals surface area (Å²) >= 11 is 0. The second-order valence-electron chi connectivity index (χ2n) is 6.52. The molecule has 128 valence electrons. The highest BCUT2D eigenvalue weighted by Crippen LogP contribution is 2.28. The van der Waals surface area contributed by atoms with E-state index in [2.05, 4.69) is 29.7 Å². The van der Waals surface area contributed by atoms with Crippen molar-refractivity contribution in [2.45, 2.75) is 50.8 Å². The molecule has 2 N–H and O–H groups in total. The van der Waals surface area contributed by atoms with Crippen molar-refractivity contribution >= 4 is 18.3 Å². The number of hydrogen-bond donors (Lipinski definition) is 2. The summed E-state index contributed by atoms with van der Waals surface area (Å²) in [6.45, 7) is 3.87. The number of amides is 1. The predicted molar refractivity (Wildman–Crippen MR) is 93.7 cm³/mol. The topological polar surface area (TPSA) is 50.4 Å². The lowest BCUT2D eigenvalue weighted by molar-refractivity contribution is -0.127. The fourth-order valence-electron chi connectivity index (χ4n) is 3.56. The second-order valence-corrected chi connectivity index (χ2v) is 6.52. The lowest BCUT2D eigenvalue weighted by atomic mass is 9.91. The molecular weight excluding hydrogens is 312 g/mol. The zero-order chi connectivity index (χ0) is 15.4. The summed E-state index contributed by atoms with van der Waals surface area (Å²) in [5, 5.41) is 6.68. The molecule has 0 spiro atoms. The summed E-state index contributed by atoms with van der Waals surface area (Å²) in [5.74, 6) is 0.293. The Bertz CT molecular complexity index is 491. The number of ether oxygens (including phenoxy) is 1. The van der Waals surface area contributed by atoms with Gasteiger partial charge in [-0.3, -0.25) is 4.79 Å². The minimum Gasteiger partial charge on any atom is -0.376 e. The molecule has 0 aliphatic carbocycles. The Kier molecular flexibility index (Phi) is 6.88. The van der Waals surface area contributed by atoms with E-state index in [1.54, 1.807) is 0 Å². The zero-order valence-corrected chi connectivity index (χ0v) is 14.5. The van der Waals surface area contributed by atoms with E-state index in [9.17, 15) is 4.79 Å². The van der Waals surface area contributed by atoms with Crippen molar-refractivity contribution in [1.29, 1.82) is 0 Å². The van der Waals surface area contributed by atoms with E-state index in [1.807, 2.05) is 18.2 Å². The number of benzene rings is 1. The van der Waals surface area contributed by atoms with Crippen LogP contribution in [0.1, 0.15) is 44.2 Å². The molecular formula is C18H27ClN2O2. The summed E-state index contributed by atoms with van der Waals surface area (Å²) in [7, 11) is 0. The van der Waals surface area contributed by atoms with Gasteiger partial charge in [-0.25, -0.2) is 0 Å². The normalized spacial score (nSPS) is 28.7.